The molecule has 0 saturated carbocycles. The highest BCUT2D eigenvalue weighted by atomic mass is 32.1. The van der Waals surface area contributed by atoms with Crippen molar-refractivity contribution >= 4 is 53.4 Å². The van der Waals surface area contributed by atoms with Crippen molar-refractivity contribution in [2.24, 2.45) is 0 Å². The predicted molar refractivity (Wildman–Crippen MR) is 251 cm³/mol. The standard InChI is InChI=1S/C54H32N6OS/c1-5-15-33(16-6-1)49-55-50(34-17-7-2-8-18-34)58-53(57-49)38-28-30-45-42(32-38)48-39(23-14-26-46(48)62-45)37-27-29-43-41(31-37)47-40(24-13-25-44(47)61-43)54-59-51(35-19-9-3-10-20-35)56-52(60-54)36-21-11-4-12-22-36/h1-32H. The van der Waals surface area contributed by atoms with E-state index in [9.17, 15) is 0 Å². The summed E-state index contributed by atoms with van der Waals surface area (Å²) in [6.45, 7) is 0. The number of benzene rings is 8. The van der Waals surface area contributed by atoms with Gasteiger partial charge in [-0.15, -0.1) is 11.3 Å². The van der Waals surface area contributed by atoms with Crippen LogP contribution in [0, 0.1) is 0 Å². The molecule has 0 saturated heterocycles. The lowest BCUT2D eigenvalue weighted by atomic mass is 9.96. The van der Waals surface area contributed by atoms with Crippen molar-refractivity contribution in [2.45, 2.75) is 0 Å². The molecule has 0 amide bonds. The first-order chi connectivity index (χ1) is 30.7. The van der Waals surface area contributed by atoms with E-state index in [4.69, 9.17) is 34.3 Å². The number of furan rings is 1. The number of fused-ring (bicyclic) bond motifs is 6. The third-order valence-corrected chi connectivity index (χ3v) is 12.3. The summed E-state index contributed by atoms with van der Waals surface area (Å²) < 4.78 is 8.92. The van der Waals surface area contributed by atoms with Crippen LogP contribution < -0.4 is 0 Å². The fraction of sp³-hybridized carbons (Fsp3) is 0. The van der Waals surface area contributed by atoms with Crippen LogP contribution in [0.4, 0.5) is 0 Å². The zero-order valence-electron chi connectivity index (χ0n) is 33.0. The fourth-order valence-electron chi connectivity index (χ4n) is 8.25. The molecule has 0 aliphatic rings. The monoisotopic (exact) mass is 812 g/mol. The zero-order chi connectivity index (χ0) is 41.0. The van der Waals surface area contributed by atoms with Crippen molar-refractivity contribution in [2.75, 3.05) is 0 Å². The Morgan fingerprint density at radius 3 is 1.32 bits per heavy atom. The molecule has 12 aromatic rings. The van der Waals surface area contributed by atoms with E-state index < -0.39 is 0 Å². The van der Waals surface area contributed by atoms with Crippen molar-refractivity contribution in [1.82, 2.24) is 29.9 Å². The molecule has 0 unspecified atom stereocenters. The van der Waals surface area contributed by atoms with Crippen molar-refractivity contribution < 1.29 is 4.42 Å². The number of hydrogen-bond donors (Lipinski definition) is 0. The van der Waals surface area contributed by atoms with Crippen molar-refractivity contribution in [3.63, 3.8) is 0 Å². The lowest BCUT2D eigenvalue weighted by Gasteiger charge is -2.10. The summed E-state index contributed by atoms with van der Waals surface area (Å²) in [5, 5.41) is 4.27. The highest BCUT2D eigenvalue weighted by Gasteiger charge is 2.20. The Morgan fingerprint density at radius 1 is 0.290 bits per heavy atom. The van der Waals surface area contributed by atoms with Gasteiger partial charge in [-0.1, -0.05) is 152 Å². The summed E-state index contributed by atoms with van der Waals surface area (Å²) >= 11 is 1.79. The average molecular weight is 813 g/mol. The third-order valence-electron chi connectivity index (χ3n) is 11.2. The van der Waals surface area contributed by atoms with E-state index >= 15 is 0 Å². The van der Waals surface area contributed by atoms with Gasteiger partial charge in [0.15, 0.2) is 34.9 Å². The second-order valence-corrected chi connectivity index (χ2v) is 16.1. The van der Waals surface area contributed by atoms with Crippen LogP contribution in [0.5, 0.6) is 0 Å². The maximum atomic E-state index is 6.54. The minimum absolute atomic E-state index is 0.582. The quantitative estimate of drug-likeness (QED) is 0.158. The maximum absolute atomic E-state index is 6.54. The molecule has 7 nitrogen and oxygen atoms in total. The van der Waals surface area contributed by atoms with E-state index in [0.717, 1.165) is 71.8 Å². The van der Waals surface area contributed by atoms with Gasteiger partial charge in [-0.25, -0.2) is 29.9 Å². The summed E-state index contributed by atoms with van der Waals surface area (Å²) in [6, 6.07) is 65.9. The van der Waals surface area contributed by atoms with Gasteiger partial charge in [0.2, 0.25) is 0 Å². The van der Waals surface area contributed by atoms with E-state index in [1.165, 1.54) is 14.8 Å². The van der Waals surface area contributed by atoms with E-state index in [1.54, 1.807) is 11.3 Å². The Morgan fingerprint density at radius 2 is 0.758 bits per heavy atom. The summed E-state index contributed by atoms with van der Waals surface area (Å²) in [7, 11) is 0. The van der Waals surface area contributed by atoms with Crippen LogP contribution in [-0.4, -0.2) is 29.9 Å². The van der Waals surface area contributed by atoms with Crippen LogP contribution >= 0.6 is 11.3 Å². The number of rotatable bonds is 7. The van der Waals surface area contributed by atoms with Gasteiger partial charge in [0.05, 0.1) is 0 Å². The second-order valence-electron chi connectivity index (χ2n) is 15.1. The van der Waals surface area contributed by atoms with Crippen LogP contribution in [0.3, 0.4) is 0 Å². The molecule has 0 N–H and O–H groups in total. The molecule has 4 heterocycles. The van der Waals surface area contributed by atoms with Crippen molar-refractivity contribution in [3.05, 3.63) is 194 Å². The molecule has 0 radical (unpaired) electrons. The minimum Gasteiger partial charge on any atom is -0.456 e. The molecule has 8 aromatic carbocycles. The van der Waals surface area contributed by atoms with E-state index in [2.05, 4.69) is 60.7 Å². The van der Waals surface area contributed by atoms with Crippen LogP contribution in [0.25, 0.3) is 122 Å². The highest BCUT2D eigenvalue weighted by Crippen LogP contribution is 2.44. The summed E-state index contributed by atoms with van der Waals surface area (Å²) in [4.78, 5) is 30.1. The van der Waals surface area contributed by atoms with Crippen molar-refractivity contribution in [1.29, 1.82) is 0 Å². The van der Waals surface area contributed by atoms with Gasteiger partial charge in [-0.3, -0.25) is 0 Å². The van der Waals surface area contributed by atoms with Gasteiger partial charge in [0.1, 0.15) is 11.2 Å². The molecule has 0 bridgehead atoms. The van der Waals surface area contributed by atoms with E-state index in [0.29, 0.717) is 34.9 Å². The molecule has 8 heteroatoms. The maximum Gasteiger partial charge on any atom is 0.164 e. The molecule has 290 valence electrons. The third kappa shape index (κ3) is 6.29. The normalized spacial score (nSPS) is 11.5. The fourth-order valence-corrected chi connectivity index (χ4v) is 9.37. The average Bonchev–Trinajstić information content (AvgIpc) is 3.93. The predicted octanol–water partition coefficient (Wildman–Crippen LogP) is 14.0. The summed E-state index contributed by atoms with van der Waals surface area (Å²) in [5.74, 6) is 3.70. The first-order valence-corrected chi connectivity index (χ1v) is 21.2. The second kappa shape index (κ2) is 14.8. The molecule has 0 aliphatic heterocycles. The Bertz CT molecular complexity index is 3510. The largest absolute Gasteiger partial charge is 0.456 e. The lowest BCUT2D eigenvalue weighted by molar-refractivity contribution is 0.669. The van der Waals surface area contributed by atoms with Crippen LogP contribution in [0.1, 0.15) is 0 Å². The summed E-state index contributed by atoms with van der Waals surface area (Å²) in [5.41, 5.74) is 9.28. The first-order valence-electron chi connectivity index (χ1n) is 20.4. The Balaban J connectivity index is 1.02. The SMILES string of the molecule is c1ccc(-c2nc(-c3ccccc3)nc(-c3ccc4sc5cccc(-c6ccc7oc8cccc(-c9nc(-c%10ccccc%10)nc(-c%10ccccc%10)n9)c8c7c6)c5c4c3)n2)cc1. The number of hydrogen-bond acceptors (Lipinski definition) is 8. The minimum atomic E-state index is 0.582. The Labute approximate surface area is 359 Å². The van der Waals surface area contributed by atoms with E-state index in [1.807, 2.05) is 133 Å². The lowest BCUT2D eigenvalue weighted by Crippen LogP contribution is -2.00. The molecular formula is C54H32N6OS. The van der Waals surface area contributed by atoms with Crippen molar-refractivity contribution in [3.8, 4) is 79.5 Å². The van der Waals surface area contributed by atoms with Crippen LogP contribution in [-0.2, 0) is 0 Å². The van der Waals surface area contributed by atoms with Gasteiger partial charge < -0.3 is 4.42 Å². The molecule has 12 rings (SSSR count). The molecule has 4 aromatic heterocycles. The van der Waals surface area contributed by atoms with Crippen LogP contribution in [0.15, 0.2) is 199 Å². The van der Waals surface area contributed by atoms with Crippen LogP contribution in [0.2, 0.25) is 0 Å². The Kier molecular flexibility index (Phi) is 8.53. The first kappa shape index (κ1) is 35.7. The molecule has 62 heavy (non-hydrogen) atoms. The topological polar surface area (TPSA) is 90.5 Å². The molecule has 0 spiro atoms. The molecule has 0 atom stereocenters. The number of aromatic nitrogens is 6. The molecular weight excluding hydrogens is 781 g/mol. The molecule has 0 aliphatic carbocycles. The highest BCUT2D eigenvalue weighted by molar-refractivity contribution is 7.26. The van der Waals surface area contributed by atoms with E-state index in [-0.39, 0.29) is 0 Å². The van der Waals surface area contributed by atoms with Gasteiger partial charge in [0, 0.05) is 64.3 Å². The Hall–Kier alpha value is -8.20. The molecule has 0 fully saturated rings. The van der Waals surface area contributed by atoms with Gasteiger partial charge >= 0.3 is 0 Å². The zero-order valence-corrected chi connectivity index (χ0v) is 33.8. The number of thiophene rings is 1. The summed E-state index contributed by atoms with van der Waals surface area (Å²) in [6.07, 6.45) is 0. The number of nitrogens with zero attached hydrogens (tertiary/aromatic N) is 6. The van der Waals surface area contributed by atoms with Gasteiger partial charge in [0.25, 0.3) is 0 Å². The van der Waals surface area contributed by atoms with Gasteiger partial charge in [-0.2, -0.15) is 0 Å². The van der Waals surface area contributed by atoms with Gasteiger partial charge in [-0.05, 0) is 53.6 Å². The smallest absolute Gasteiger partial charge is 0.164 e.